The molecule has 0 aliphatic carbocycles. The van der Waals surface area contributed by atoms with Crippen molar-refractivity contribution in [3.8, 4) is 0 Å². The molecule has 116 valence electrons. The molecule has 0 atom stereocenters. The third-order valence-corrected chi connectivity index (χ3v) is 5.50. The van der Waals surface area contributed by atoms with Crippen LogP contribution >= 0.6 is 24.0 Å². The summed E-state index contributed by atoms with van der Waals surface area (Å²) in [5.41, 5.74) is 2.44. The largest absolute Gasteiger partial charge is 0.372 e. The van der Waals surface area contributed by atoms with Gasteiger partial charge in [-0.3, -0.25) is 0 Å². The quantitative estimate of drug-likeness (QED) is 0.582. The molecule has 0 amide bonds. The number of thioether (sulfide) groups is 1. The monoisotopic (exact) mass is 333 g/mol. The van der Waals surface area contributed by atoms with Gasteiger partial charge < -0.3 is 4.90 Å². The molecule has 0 N–H and O–H groups in total. The molecule has 2 fully saturated rings. The van der Waals surface area contributed by atoms with E-state index in [2.05, 4.69) is 35.2 Å². The number of thiocarbonyl (C=S) groups is 1. The van der Waals surface area contributed by atoms with Gasteiger partial charge in [0.15, 0.2) is 0 Å². The van der Waals surface area contributed by atoms with Crippen molar-refractivity contribution >= 4 is 40.1 Å². The van der Waals surface area contributed by atoms with Crippen LogP contribution in [0.2, 0.25) is 0 Å². The highest BCUT2D eigenvalue weighted by Crippen LogP contribution is 2.28. The normalized spacial score (nSPS) is 22.0. The van der Waals surface area contributed by atoms with Gasteiger partial charge >= 0.3 is 4.32 Å². The first-order valence-electron chi connectivity index (χ1n) is 7.94. The molecular weight excluding hydrogens is 312 g/mol. The Hall–Kier alpha value is -1.20. The third-order valence-electron chi connectivity index (χ3n) is 4.16. The number of nitroso groups, excluding NO2 is 1. The lowest BCUT2D eigenvalue weighted by Gasteiger charge is -2.26. The first-order valence-corrected chi connectivity index (χ1v) is 9.17. The Labute approximate surface area is 141 Å². The maximum absolute atomic E-state index is 11.4. The van der Waals surface area contributed by atoms with Crippen LogP contribution in [0.25, 0.3) is 6.08 Å². The minimum atomic E-state index is 0.386. The van der Waals surface area contributed by atoms with Crippen LogP contribution in [0.5, 0.6) is 0 Å². The van der Waals surface area contributed by atoms with Crippen molar-refractivity contribution in [1.29, 1.82) is 0 Å². The molecule has 2 aliphatic heterocycles. The van der Waals surface area contributed by atoms with E-state index in [0.29, 0.717) is 10.9 Å². The minimum Gasteiger partial charge on any atom is -0.372 e. The molecule has 0 spiro atoms. The standard InChI is InChI=1S/C17H21N2OS2/c20-19-13-16(22-17(19)21)12-14-6-8-15(9-7-14)18-10-4-2-1-3-5-11-18/h6-9,12H,1-5,10-11,13H2/q+1. The van der Waals surface area contributed by atoms with Crippen molar-refractivity contribution in [3.63, 3.8) is 0 Å². The highest BCUT2D eigenvalue weighted by molar-refractivity contribution is 8.25. The SMILES string of the molecule is O=[N+]1CC(=Cc2ccc(N3CCCCCCC3)cc2)SC1=S. The van der Waals surface area contributed by atoms with Gasteiger partial charge in [0.05, 0.1) is 9.67 Å². The minimum absolute atomic E-state index is 0.386. The van der Waals surface area contributed by atoms with E-state index in [4.69, 9.17) is 12.2 Å². The molecular formula is C17H21N2OS2+. The zero-order valence-corrected chi connectivity index (χ0v) is 14.3. The summed E-state index contributed by atoms with van der Waals surface area (Å²) >= 11 is 6.40. The van der Waals surface area contributed by atoms with Crippen molar-refractivity contribution in [2.24, 2.45) is 0 Å². The van der Waals surface area contributed by atoms with Crippen molar-refractivity contribution in [2.45, 2.75) is 32.1 Å². The Morgan fingerprint density at radius 3 is 2.27 bits per heavy atom. The van der Waals surface area contributed by atoms with Crippen molar-refractivity contribution in [2.75, 3.05) is 24.5 Å². The molecule has 22 heavy (non-hydrogen) atoms. The summed E-state index contributed by atoms with van der Waals surface area (Å²) in [5, 5.41) is 0. The number of benzene rings is 1. The number of hydrogen-bond donors (Lipinski definition) is 0. The average Bonchev–Trinajstić information content (AvgIpc) is 2.78. The molecule has 0 saturated carbocycles. The van der Waals surface area contributed by atoms with Gasteiger partial charge in [-0.25, -0.2) is 0 Å². The number of anilines is 1. The highest BCUT2D eigenvalue weighted by Gasteiger charge is 2.31. The molecule has 2 heterocycles. The average molecular weight is 334 g/mol. The van der Waals surface area contributed by atoms with Gasteiger partial charge in [-0.1, -0.05) is 31.4 Å². The van der Waals surface area contributed by atoms with Crippen LogP contribution < -0.4 is 4.90 Å². The second-order valence-electron chi connectivity index (χ2n) is 5.86. The fourth-order valence-corrected chi connectivity index (χ4v) is 4.10. The molecule has 0 radical (unpaired) electrons. The Morgan fingerprint density at radius 1 is 1.05 bits per heavy atom. The molecule has 2 saturated heterocycles. The third kappa shape index (κ3) is 3.96. The number of rotatable bonds is 2. The van der Waals surface area contributed by atoms with Gasteiger partial charge in [-0.05, 0) is 48.4 Å². The van der Waals surface area contributed by atoms with E-state index >= 15 is 0 Å². The van der Waals surface area contributed by atoms with Crippen LogP contribution in [0.3, 0.4) is 0 Å². The van der Waals surface area contributed by atoms with E-state index in [1.807, 2.05) is 0 Å². The van der Waals surface area contributed by atoms with Crippen LogP contribution in [0.1, 0.15) is 37.7 Å². The summed E-state index contributed by atoms with van der Waals surface area (Å²) in [6.07, 6.45) is 8.73. The fourth-order valence-electron chi connectivity index (χ4n) is 2.95. The first kappa shape index (κ1) is 15.7. The van der Waals surface area contributed by atoms with Gasteiger partial charge in [0.25, 0.3) is 0 Å². The second-order valence-corrected chi connectivity index (χ2v) is 7.62. The summed E-state index contributed by atoms with van der Waals surface area (Å²) < 4.78 is 1.30. The Bertz CT molecular complexity index is 569. The summed E-state index contributed by atoms with van der Waals surface area (Å²) in [6.45, 7) is 2.71. The van der Waals surface area contributed by atoms with E-state index in [0.717, 1.165) is 28.3 Å². The summed E-state index contributed by atoms with van der Waals surface area (Å²) in [5.74, 6) is 0. The Balaban J connectivity index is 1.68. The van der Waals surface area contributed by atoms with E-state index < -0.39 is 0 Å². The predicted molar refractivity (Wildman–Crippen MR) is 98.4 cm³/mol. The summed E-state index contributed by atoms with van der Waals surface area (Å²) in [6, 6.07) is 8.66. The van der Waals surface area contributed by atoms with Crippen molar-refractivity contribution in [1.82, 2.24) is 0 Å². The van der Waals surface area contributed by atoms with E-state index in [1.165, 1.54) is 49.6 Å². The van der Waals surface area contributed by atoms with E-state index in [-0.39, 0.29) is 0 Å². The lowest BCUT2D eigenvalue weighted by molar-refractivity contribution is -0.405. The second kappa shape index (κ2) is 7.38. The van der Waals surface area contributed by atoms with Gasteiger partial charge in [-0.15, -0.1) is 0 Å². The van der Waals surface area contributed by atoms with Gasteiger partial charge in [0, 0.05) is 35.9 Å². The van der Waals surface area contributed by atoms with Crippen molar-refractivity contribution < 1.29 is 4.76 Å². The molecule has 1 aromatic carbocycles. The van der Waals surface area contributed by atoms with Crippen LogP contribution in [0.4, 0.5) is 5.69 Å². The molecule has 3 rings (SSSR count). The van der Waals surface area contributed by atoms with E-state index in [9.17, 15) is 4.91 Å². The molecule has 0 bridgehead atoms. The maximum atomic E-state index is 11.4. The van der Waals surface area contributed by atoms with Crippen LogP contribution in [-0.2, 0) is 0 Å². The topological polar surface area (TPSA) is 23.3 Å². The highest BCUT2D eigenvalue weighted by atomic mass is 32.2. The number of hydrogen-bond acceptors (Lipinski definition) is 4. The molecule has 1 aromatic rings. The number of nitrogens with zero attached hydrogens (tertiary/aromatic N) is 2. The maximum Gasteiger partial charge on any atom is 0.361 e. The zero-order chi connectivity index (χ0) is 15.4. The molecule has 0 aromatic heterocycles. The van der Waals surface area contributed by atoms with Crippen LogP contribution in [0, 0.1) is 4.91 Å². The van der Waals surface area contributed by atoms with Crippen molar-refractivity contribution in [3.05, 3.63) is 39.6 Å². The van der Waals surface area contributed by atoms with E-state index in [1.54, 1.807) is 0 Å². The molecule has 2 aliphatic rings. The van der Waals surface area contributed by atoms with Crippen LogP contribution in [0.15, 0.2) is 29.2 Å². The Morgan fingerprint density at radius 2 is 1.68 bits per heavy atom. The lowest BCUT2D eigenvalue weighted by atomic mass is 10.1. The van der Waals surface area contributed by atoms with Gasteiger partial charge in [-0.2, -0.15) is 0 Å². The van der Waals surface area contributed by atoms with Gasteiger partial charge in [0.2, 0.25) is 6.54 Å². The molecule has 5 heteroatoms. The summed E-state index contributed by atoms with van der Waals surface area (Å²) in [4.78, 5) is 14.9. The molecule has 0 unspecified atom stereocenters. The molecule has 3 nitrogen and oxygen atoms in total. The van der Waals surface area contributed by atoms with Crippen LogP contribution in [-0.4, -0.2) is 28.7 Å². The fraction of sp³-hybridized carbons (Fsp3) is 0.471. The zero-order valence-electron chi connectivity index (χ0n) is 12.7. The lowest BCUT2D eigenvalue weighted by Crippen LogP contribution is -2.26. The first-order chi connectivity index (χ1) is 10.7. The predicted octanol–water partition coefficient (Wildman–Crippen LogP) is 4.61. The van der Waals surface area contributed by atoms with Gasteiger partial charge in [0.1, 0.15) is 0 Å². The smallest absolute Gasteiger partial charge is 0.361 e. The summed E-state index contributed by atoms with van der Waals surface area (Å²) in [7, 11) is 0. The Kier molecular flexibility index (Phi) is 5.26.